The van der Waals surface area contributed by atoms with E-state index < -0.39 is 0 Å². The van der Waals surface area contributed by atoms with E-state index >= 15 is 0 Å². The van der Waals surface area contributed by atoms with Crippen molar-refractivity contribution in [3.05, 3.63) is 29.0 Å². The number of hydrogen-bond donors (Lipinski definition) is 1. The fourth-order valence-corrected chi connectivity index (χ4v) is 2.43. The summed E-state index contributed by atoms with van der Waals surface area (Å²) in [4.78, 5) is 2.29. The van der Waals surface area contributed by atoms with Gasteiger partial charge in [-0.2, -0.15) is 0 Å². The molecule has 1 aromatic rings. The Morgan fingerprint density at radius 3 is 2.82 bits per heavy atom. The van der Waals surface area contributed by atoms with E-state index in [0.29, 0.717) is 12.0 Å². The summed E-state index contributed by atoms with van der Waals surface area (Å²) < 4.78 is 13.2. The Morgan fingerprint density at radius 2 is 2.12 bits per heavy atom. The molecule has 1 saturated heterocycles. The van der Waals surface area contributed by atoms with Gasteiger partial charge in [0.05, 0.1) is 5.02 Å². The number of anilines is 1. The molecule has 1 aromatic carbocycles. The lowest BCUT2D eigenvalue weighted by Gasteiger charge is -2.30. The number of hydrogen-bond acceptors (Lipinski definition) is 2. The summed E-state index contributed by atoms with van der Waals surface area (Å²) in [7, 11) is 0. The van der Waals surface area contributed by atoms with E-state index in [0.717, 1.165) is 25.3 Å². The van der Waals surface area contributed by atoms with Crippen LogP contribution in [0.4, 0.5) is 10.1 Å². The van der Waals surface area contributed by atoms with Crippen LogP contribution in [0.25, 0.3) is 0 Å². The molecule has 1 fully saturated rings. The lowest BCUT2D eigenvalue weighted by molar-refractivity contribution is 0.563. The smallest absolute Gasteiger partial charge is 0.141 e. The average molecular weight is 257 g/mol. The molecule has 2 rings (SSSR count). The van der Waals surface area contributed by atoms with Crippen molar-refractivity contribution in [1.82, 2.24) is 5.32 Å². The Morgan fingerprint density at radius 1 is 1.35 bits per heavy atom. The highest BCUT2D eigenvalue weighted by molar-refractivity contribution is 6.31. The largest absolute Gasteiger partial charge is 0.367 e. The SMILES string of the molecule is CC1CNCC(C)N(c2ccc(F)c(Cl)c2)C1. The summed E-state index contributed by atoms with van der Waals surface area (Å²) in [5.74, 6) is 0.216. The molecule has 0 saturated carbocycles. The molecule has 0 bridgehead atoms. The molecule has 1 aliphatic heterocycles. The maximum atomic E-state index is 13.2. The molecule has 1 aliphatic rings. The van der Waals surface area contributed by atoms with Crippen LogP contribution in [0.5, 0.6) is 0 Å². The van der Waals surface area contributed by atoms with Crippen LogP contribution in [0.2, 0.25) is 5.02 Å². The second kappa shape index (κ2) is 5.23. The van der Waals surface area contributed by atoms with E-state index in [1.54, 1.807) is 12.1 Å². The molecule has 2 nitrogen and oxygen atoms in total. The van der Waals surface area contributed by atoms with Gasteiger partial charge in [0, 0.05) is 24.8 Å². The molecule has 4 heteroatoms. The van der Waals surface area contributed by atoms with Crippen LogP contribution in [0.1, 0.15) is 13.8 Å². The zero-order valence-electron chi connectivity index (χ0n) is 10.2. The highest BCUT2D eigenvalue weighted by atomic mass is 35.5. The molecule has 2 atom stereocenters. The van der Waals surface area contributed by atoms with Gasteiger partial charge in [0.1, 0.15) is 5.82 Å². The summed E-state index contributed by atoms with van der Waals surface area (Å²) in [5.41, 5.74) is 0.999. The molecular formula is C13H18ClFN2. The van der Waals surface area contributed by atoms with Crippen molar-refractivity contribution in [2.24, 2.45) is 5.92 Å². The van der Waals surface area contributed by atoms with Gasteiger partial charge in [-0.3, -0.25) is 0 Å². The Kier molecular flexibility index (Phi) is 3.89. The van der Waals surface area contributed by atoms with Gasteiger partial charge < -0.3 is 10.2 Å². The van der Waals surface area contributed by atoms with Crippen molar-refractivity contribution in [3.8, 4) is 0 Å². The maximum Gasteiger partial charge on any atom is 0.141 e. The van der Waals surface area contributed by atoms with Crippen molar-refractivity contribution in [2.75, 3.05) is 24.5 Å². The zero-order valence-corrected chi connectivity index (χ0v) is 11.0. The van der Waals surface area contributed by atoms with E-state index in [1.165, 1.54) is 6.07 Å². The fourth-order valence-electron chi connectivity index (χ4n) is 2.25. The Labute approximate surface area is 107 Å². The molecule has 0 radical (unpaired) electrons. The van der Waals surface area contributed by atoms with Crippen molar-refractivity contribution in [1.29, 1.82) is 0 Å². The van der Waals surface area contributed by atoms with E-state index in [-0.39, 0.29) is 10.8 Å². The van der Waals surface area contributed by atoms with Gasteiger partial charge in [0.2, 0.25) is 0 Å². The van der Waals surface area contributed by atoms with Gasteiger partial charge in [-0.15, -0.1) is 0 Å². The maximum absolute atomic E-state index is 13.2. The second-order valence-electron chi connectivity index (χ2n) is 4.86. The molecule has 0 spiro atoms. The first-order chi connectivity index (χ1) is 8.08. The van der Waals surface area contributed by atoms with Crippen molar-refractivity contribution >= 4 is 17.3 Å². The lowest BCUT2D eigenvalue weighted by Crippen LogP contribution is -2.38. The van der Waals surface area contributed by atoms with Crippen LogP contribution in [-0.4, -0.2) is 25.7 Å². The summed E-state index contributed by atoms with van der Waals surface area (Å²) >= 11 is 5.84. The Balaban J connectivity index is 2.26. The molecule has 1 N–H and O–H groups in total. The summed E-state index contributed by atoms with van der Waals surface area (Å²) in [6.45, 7) is 7.32. The van der Waals surface area contributed by atoms with Gasteiger partial charge in [0.15, 0.2) is 0 Å². The molecular weight excluding hydrogens is 239 g/mol. The van der Waals surface area contributed by atoms with Crippen LogP contribution in [0, 0.1) is 11.7 Å². The zero-order chi connectivity index (χ0) is 12.4. The third-order valence-corrected chi connectivity index (χ3v) is 3.50. The van der Waals surface area contributed by atoms with Crippen LogP contribution in [0.3, 0.4) is 0 Å². The third kappa shape index (κ3) is 2.90. The molecule has 17 heavy (non-hydrogen) atoms. The molecule has 94 valence electrons. The predicted molar refractivity (Wildman–Crippen MR) is 70.3 cm³/mol. The Bertz CT molecular complexity index is 397. The number of nitrogens with one attached hydrogen (secondary N) is 1. The quantitative estimate of drug-likeness (QED) is 0.831. The number of rotatable bonds is 1. The van der Waals surface area contributed by atoms with Crippen molar-refractivity contribution in [3.63, 3.8) is 0 Å². The summed E-state index contributed by atoms with van der Waals surface area (Å²) in [5, 5.41) is 3.62. The average Bonchev–Trinajstić information content (AvgIpc) is 2.45. The van der Waals surface area contributed by atoms with Gasteiger partial charge in [-0.05, 0) is 37.6 Å². The lowest BCUT2D eigenvalue weighted by atomic mass is 10.1. The molecule has 2 unspecified atom stereocenters. The predicted octanol–water partition coefficient (Wildman–Crippen LogP) is 2.91. The molecule has 0 amide bonds. The fraction of sp³-hybridized carbons (Fsp3) is 0.538. The molecule has 0 aromatic heterocycles. The summed E-state index contributed by atoms with van der Waals surface area (Å²) in [6.07, 6.45) is 0. The van der Waals surface area contributed by atoms with Gasteiger partial charge in [-0.1, -0.05) is 18.5 Å². The van der Waals surface area contributed by atoms with Crippen molar-refractivity contribution < 1.29 is 4.39 Å². The molecule has 0 aliphatic carbocycles. The first-order valence-electron chi connectivity index (χ1n) is 6.00. The van der Waals surface area contributed by atoms with E-state index in [9.17, 15) is 4.39 Å². The minimum atomic E-state index is -0.357. The molecule has 1 heterocycles. The van der Waals surface area contributed by atoms with E-state index in [2.05, 4.69) is 24.1 Å². The van der Waals surface area contributed by atoms with E-state index in [4.69, 9.17) is 11.6 Å². The van der Waals surface area contributed by atoms with Crippen LogP contribution < -0.4 is 10.2 Å². The first kappa shape index (κ1) is 12.7. The van der Waals surface area contributed by atoms with E-state index in [1.807, 2.05) is 0 Å². The van der Waals surface area contributed by atoms with Crippen LogP contribution in [-0.2, 0) is 0 Å². The van der Waals surface area contributed by atoms with Gasteiger partial charge in [0.25, 0.3) is 0 Å². The van der Waals surface area contributed by atoms with Gasteiger partial charge in [-0.25, -0.2) is 4.39 Å². The minimum absolute atomic E-state index is 0.194. The number of nitrogens with zero attached hydrogens (tertiary/aromatic N) is 1. The highest BCUT2D eigenvalue weighted by Gasteiger charge is 2.21. The second-order valence-corrected chi connectivity index (χ2v) is 5.27. The topological polar surface area (TPSA) is 15.3 Å². The van der Waals surface area contributed by atoms with Crippen LogP contribution in [0.15, 0.2) is 18.2 Å². The van der Waals surface area contributed by atoms with Crippen molar-refractivity contribution in [2.45, 2.75) is 19.9 Å². The first-order valence-corrected chi connectivity index (χ1v) is 6.38. The normalized spacial score (nSPS) is 25.8. The summed E-state index contributed by atoms with van der Waals surface area (Å²) in [6, 6.07) is 5.34. The van der Waals surface area contributed by atoms with Crippen LogP contribution >= 0.6 is 11.6 Å². The monoisotopic (exact) mass is 256 g/mol. The number of benzene rings is 1. The number of halogens is 2. The third-order valence-electron chi connectivity index (χ3n) is 3.21. The Hall–Kier alpha value is -0.800. The standard InChI is InChI=1S/C13H18ClFN2/c1-9-6-16-7-10(2)17(8-9)11-3-4-13(15)12(14)5-11/h3-5,9-10,16H,6-8H2,1-2H3. The highest BCUT2D eigenvalue weighted by Crippen LogP contribution is 2.25. The minimum Gasteiger partial charge on any atom is -0.367 e. The van der Waals surface area contributed by atoms with Gasteiger partial charge >= 0.3 is 0 Å².